The summed E-state index contributed by atoms with van der Waals surface area (Å²) < 4.78 is 21.2. The number of rotatable bonds is 10. The van der Waals surface area contributed by atoms with E-state index in [1.54, 1.807) is 59.7 Å². The number of nitrogens with zero attached hydrogens (tertiary/aromatic N) is 1. The Morgan fingerprint density at radius 2 is 1.43 bits per heavy atom. The number of aliphatic carboxylic acids is 1. The van der Waals surface area contributed by atoms with Crippen LogP contribution in [0.25, 0.3) is 0 Å². The molecular formula is C29H37N3O10. The van der Waals surface area contributed by atoms with Crippen molar-refractivity contribution in [3.05, 3.63) is 59.7 Å². The average Bonchev–Trinajstić information content (AvgIpc) is 2.87. The number of carbonyl (C=O) groups excluding carboxylic acids is 4. The number of hydrazine groups is 1. The summed E-state index contributed by atoms with van der Waals surface area (Å²) in [4.78, 5) is 61.4. The zero-order valence-corrected chi connectivity index (χ0v) is 24.7. The van der Waals surface area contributed by atoms with Crippen molar-refractivity contribution in [1.82, 2.24) is 15.8 Å². The van der Waals surface area contributed by atoms with Crippen LogP contribution in [0.2, 0.25) is 0 Å². The highest BCUT2D eigenvalue weighted by molar-refractivity contribution is 6.02. The lowest BCUT2D eigenvalue weighted by atomic mass is 10.1. The number of benzene rings is 2. The van der Waals surface area contributed by atoms with Gasteiger partial charge < -0.3 is 29.4 Å². The van der Waals surface area contributed by atoms with Crippen molar-refractivity contribution in [2.45, 2.75) is 65.4 Å². The van der Waals surface area contributed by atoms with Gasteiger partial charge in [-0.05, 0) is 71.4 Å². The van der Waals surface area contributed by atoms with E-state index in [1.165, 1.54) is 37.4 Å². The molecule has 0 saturated carbocycles. The van der Waals surface area contributed by atoms with Gasteiger partial charge >= 0.3 is 18.0 Å². The highest BCUT2D eigenvalue weighted by atomic mass is 16.6. The molecule has 228 valence electrons. The summed E-state index contributed by atoms with van der Waals surface area (Å²) in [6.07, 6.45) is -2.64. The van der Waals surface area contributed by atoms with E-state index < -0.39 is 53.8 Å². The maximum absolute atomic E-state index is 12.9. The Labute approximate surface area is 244 Å². The van der Waals surface area contributed by atoms with Crippen molar-refractivity contribution in [1.29, 1.82) is 0 Å². The Balaban J connectivity index is 2.01. The highest BCUT2D eigenvalue weighted by Crippen LogP contribution is 2.28. The molecule has 0 aromatic heterocycles. The molecule has 0 aliphatic heterocycles. The van der Waals surface area contributed by atoms with Crippen LogP contribution in [0.4, 0.5) is 4.79 Å². The molecule has 3 amide bonds. The summed E-state index contributed by atoms with van der Waals surface area (Å²) in [5.74, 6) is -4.16. The number of hydrogen-bond donors (Lipinski definition) is 3. The standard InChI is InChI=1S/C29H37N3O10/c1-28(2,3)41-22(33)17-39-20-10-8-9-11-21(20)40-23(26(36)37)25(35)32(7)31-24(34)19-14-12-18(13-15-19)16-30-27(38)42-29(4,5)6/h8-15,23H,16-17H2,1-7H3,(H,30,38)(H,31,34)(H,36,37). The third-order valence-electron chi connectivity index (χ3n) is 4.96. The smallest absolute Gasteiger partial charge is 0.407 e. The third-order valence-corrected chi connectivity index (χ3v) is 4.96. The van der Waals surface area contributed by atoms with Gasteiger partial charge in [-0.2, -0.15) is 0 Å². The summed E-state index contributed by atoms with van der Waals surface area (Å²) in [5.41, 5.74) is 1.80. The Hall–Kier alpha value is -4.81. The number of carbonyl (C=O) groups is 5. The van der Waals surface area contributed by atoms with Gasteiger partial charge in [-0.1, -0.05) is 24.3 Å². The van der Waals surface area contributed by atoms with Gasteiger partial charge in [-0.25, -0.2) is 14.4 Å². The number of para-hydroxylation sites is 2. The van der Waals surface area contributed by atoms with Crippen LogP contribution in [0.15, 0.2) is 48.5 Å². The van der Waals surface area contributed by atoms with Crippen molar-refractivity contribution in [2.75, 3.05) is 13.7 Å². The lowest BCUT2D eigenvalue weighted by Crippen LogP contribution is -2.51. The molecule has 0 heterocycles. The van der Waals surface area contributed by atoms with Crippen LogP contribution >= 0.6 is 0 Å². The van der Waals surface area contributed by atoms with Crippen molar-refractivity contribution in [3.8, 4) is 11.5 Å². The Morgan fingerprint density at radius 3 is 1.98 bits per heavy atom. The maximum atomic E-state index is 12.9. The molecule has 0 saturated heterocycles. The van der Waals surface area contributed by atoms with Gasteiger partial charge in [0.15, 0.2) is 18.1 Å². The minimum Gasteiger partial charge on any atom is -0.478 e. The molecule has 2 aromatic rings. The van der Waals surface area contributed by atoms with Crippen LogP contribution in [-0.4, -0.2) is 70.9 Å². The predicted molar refractivity (Wildman–Crippen MR) is 150 cm³/mol. The maximum Gasteiger partial charge on any atom is 0.407 e. The molecule has 2 rings (SSSR count). The molecule has 42 heavy (non-hydrogen) atoms. The largest absolute Gasteiger partial charge is 0.478 e. The molecule has 13 nitrogen and oxygen atoms in total. The first kappa shape index (κ1) is 33.4. The van der Waals surface area contributed by atoms with Gasteiger partial charge in [0.2, 0.25) is 0 Å². The quantitative estimate of drug-likeness (QED) is 0.213. The van der Waals surface area contributed by atoms with Crippen LogP contribution in [-0.2, 0) is 30.4 Å². The molecular weight excluding hydrogens is 550 g/mol. The number of likely N-dealkylation sites (N-methyl/N-ethyl adjacent to an activating group) is 1. The second kappa shape index (κ2) is 14.2. The lowest BCUT2D eigenvalue weighted by molar-refractivity contribution is -0.158. The molecule has 0 aliphatic rings. The molecule has 1 atom stereocenters. The average molecular weight is 588 g/mol. The Morgan fingerprint density at radius 1 is 0.857 bits per heavy atom. The van der Waals surface area contributed by atoms with E-state index in [9.17, 15) is 29.1 Å². The van der Waals surface area contributed by atoms with Crippen LogP contribution in [0.5, 0.6) is 11.5 Å². The van der Waals surface area contributed by atoms with E-state index in [-0.39, 0.29) is 23.6 Å². The topological polar surface area (TPSA) is 170 Å². The van der Waals surface area contributed by atoms with Gasteiger partial charge in [0, 0.05) is 19.2 Å². The number of alkyl carbamates (subject to hydrolysis) is 1. The van der Waals surface area contributed by atoms with Crippen LogP contribution in [0.3, 0.4) is 0 Å². The second-order valence-electron chi connectivity index (χ2n) is 11.0. The predicted octanol–water partition coefficient (Wildman–Crippen LogP) is 3.07. The summed E-state index contributed by atoms with van der Waals surface area (Å²) in [6.45, 7) is 10.0. The Bertz CT molecular complexity index is 1280. The van der Waals surface area contributed by atoms with E-state index in [1.807, 2.05) is 0 Å². The molecule has 2 aromatic carbocycles. The molecule has 0 spiro atoms. The number of carboxylic acids is 1. The fraction of sp³-hybridized carbons (Fsp3) is 0.414. The second-order valence-corrected chi connectivity index (χ2v) is 11.0. The van der Waals surface area contributed by atoms with E-state index in [0.29, 0.717) is 10.6 Å². The van der Waals surface area contributed by atoms with Gasteiger partial charge in [-0.3, -0.25) is 20.0 Å². The van der Waals surface area contributed by atoms with E-state index in [4.69, 9.17) is 18.9 Å². The summed E-state index contributed by atoms with van der Waals surface area (Å²) >= 11 is 0. The minimum absolute atomic E-state index is 0.00958. The Kier molecular flexibility index (Phi) is 11.3. The first-order valence-corrected chi connectivity index (χ1v) is 12.9. The number of ether oxygens (including phenoxy) is 4. The fourth-order valence-corrected chi connectivity index (χ4v) is 3.22. The van der Waals surface area contributed by atoms with E-state index in [0.717, 1.165) is 0 Å². The van der Waals surface area contributed by atoms with Gasteiger partial charge in [-0.15, -0.1) is 0 Å². The molecule has 1 unspecified atom stereocenters. The molecule has 0 radical (unpaired) electrons. The highest BCUT2D eigenvalue weighted by Gasteiger charge is 2.33. The van der Waals surface area contributed by atoms with E-state index in [2.05, 4.69) is 10.7 Å². The molecule has 3 N–H and O–H groups in total. The van der Waals surface area contributed by atoms with Gasteiger partial charge in [0.05, 0.1) is 0 Å². The summed E-state index contributed by atoms with van der Waals surface area (Å²) in [5, 5.41) is 13.0. The molecule has 13 heteroatoms. The first-order valence-electron chi connectivity index (χ1n) is 12.9. The summed E-state index contributed by atoms with van der Waals surface area (Å²) in [6, 6.07) is 12.0. The first-order chi connectivity index (χ1) is 19.4. The molecule has 0 bridgehead atoms. The number of carboxylic acid groups (broad SMARTS) is 1. The monoisotopic (exact) mass is 587 g/mol. The summed E-state index contributed by atoms with van der Waals surface area (Å²) in [7, 11) is 1.17. The third kappa shape index (κ3) is 11.4. The number of nitrogens with one attached hydrogen (secondary N) is 2. The van der Waals surface area contributed by atoms with Crippen molar-refractivity contribution in [2.24, 2.45) is 0 Å². The van der Waals surface area contributed by atoms with Crippen molar-refractivity contribution >= 4 is 29.8 Å². The molecule has 0 fully saturated rings. The number of esters is 1. The number of amides is 3. The van der Waals surface area contributed by atoms with Crippen LogP contribution in [0.1, 0.15) is 57.5 Å². The zero-order chi connectivity index (χ0) is 31.7. The fourth-order valence-electron chi connectivity index (χ4n) is 3.22. The minimum atomic E-state index is -2.05. The van der Waals surface area contributed by atoms with Crippen molar-refractivity contribution in [3.63, 3.8) is 0 Å². The zero-order valence-electron chi connectivity index (χ0n) is 24.7. The SMILES string of the molecule is CN(NC(=O)c1ccc(CNC(=O)OC(C)(C)C)cc1)C(=O)C(Oc1ccccc1OCC(=O)OC(C)(C)C)C(=O)O. The van der Waals surface area contributed by atoms with Crippen molar-refractivity contribution < 1.29 is 48.0 Å². The van der Waals surface area contributed by atoms with E-state index >= 15 is 0 Å². The van der Waals surface area contributed by atoms with Crippen LogP contribution < -0.4 is 20.2 Å². The number of hydrogen-bond acceptors (Lipinski definition) is 9. The van der Waals surface area contributed by atoms with Gasteiger partial charge in [0.1, 0.15) is 11.2 Å². The lowest BCUT2D eigenvalue weighted by Gasteiger charge is -2.23. The van der Waals surface area contributed by atoms with Gasteiger partial charge in [0.25, 0.3) is 17.9 Å². The normalized spacial score (nSPS) is 11.9. The molecule has 0 aliphatic carbocycles. The van der Waals surface area contributed by atoms with Crippen LogP contribution in [0, 0.1) is 0 Å².